The van der Waals surface area contributed by atoms with Crippen LogP contribution in [-0.2, 0) is 6.54 Å². The van der Waals surface area contributed by atoms with Crippen LogP contribution in [0.4, 0.5) is 5.82 Å². The summed E-state index contributed by atoms with van der Waals surface area (Å²) in [5.74, 6) is 2.88. The topological polar surface area (TPSA) is 79.8 Å². The molecule has 0 aliphatic heterocycles. The Labute approximate surface area is 171 Å². The number of allylic oxidation sites excluding steroid dienone is 2. The van der Waals surface area contributed by atoms with Crippen LogP contribution in [0.25, 0.3) is 10.2 Å². The van der Waals surface area contributed by atoms with Gasteiger partial charge in [-0.1, -0.05) is 12.2 Å². The average molecular weight is 412 g/mol. The first-order valence-electron chi connectivity index (χ1n) is 9.52. The molecule has 2 bridgehead atoms. The molecule has 3 aromatic rings. The van der Waals surface area contributed by atoms with E-state index in [2.05, 4.69) is 37.7 Å². The summed E-state index contributed by atoms with van der Waals surface area (Å²) in [6.07, 6.45) is 10.6. The minimum atomic E-state index is -0.0834. The fourth-order valence-electron chi connectivity index (χ4n) is 4.36. The zero-order valence-corrected chi connectivity index (χ0v) is 17.1. The molecular formula is C20H21N5OS2. The number of aryl methyl sites for hydroxylation is 1. The minimum Gasteiger partial charge on any atom is -0.369 e. The number of hydrogen-bond acceptors (Lipinski definition) is 7. The number of thiophene rings is 1. The minimum absolute atomic E-state index is 0.0834. The summed E-state index contributed by atoms with van der Waals surface area (Å²) in [5.41, 5.74) is 0.938. The van der Waals surface area contributed by atoms with Gasteiger partial charge in [0.05, 0.1) is 16.8 Å². The zero-order chi connectivity index (χ0) is 19.1. The van der Waals surface area contributed by atoms with Crippen LogP contribution in [-0.4, -0.2) is 27.4 Å². The number of fused-ring (bicyclic) bond motifs is 3. The third-order valence-electron chi connectivity index (χ3n) is 5.76. The fraction of sp³-hybridized carbons (Fsp3) is 0.400. The van der Waals surface area contributed by atoms with E-state index in [-0.39, 0.29) is 5.91 Å². The first-order valence-corrected chi connectivity index (χ1v) is 11.2. The van der Waals surface area contributed by atoms with Crippen molar-refractivity contribution < 1.29 is 4.79 Å². The van der Waals surface area contributed by atoms with Crippen molar-refractivity contribution in [2.75, 3.05) is 11.9 Å². The van der Waals surface area contributed by atoms with E-state index in [1.54, 1.807) is 12.5 Å². The van der Waals surface area contributed by atoms with Crippen LogP contribution in [0.1, 0.15) is 33.1 Å². The van der Waals surface area contributed by atoms with Crippen molar-refractivity contribution in [3.8, 4) is 0 Å². The van der Waals surface area contributed by atoms with E-state index in [4.69, 9.17) is 0 Å². The smallest absolute Gasteiger partial charge is 0.262 e. The molecule has 0 spiro atoms. The summed E-state index contributed by atoms with van der Waals surface area (Å²) in [6.45, 7) is 3.34. The molecule has 3 atom stereocenters. The van der Waals surface area contributed by atoms with E-state index in [0.717, 1.165) is 39.1 Å². The maximum Gasteiger partial charge on any atom is 0.262 e. The van der Waals surface area contributed by atoms with E-state index >= 15 is 0 Å². The van der Waals surface area contributed by atoms with E-state index in [1.807, 2.05) is 12.3 Å². The van der Waals surface area contributed by atoms with Gasteiger partial charge in [-0.05, 0) is 43.1 Å². The van der Waals surface area contributed by atoms with Crippen LogP contribution in [0.3, 0.4) is 0 Å². The van der Waals surface area contributed by atoms with E-state index in [9.17, 15) is 4.79 Å². The number of anilines is 1. The molecule has 3 heterocycles. The molecule has 3 aromatic heterocycles. The highest BCUT2D eigenvalue weighted by molar-refractivity contribution is 7.20. The lowest BCUT2D eigenvalue weighted by Gasteiger charge is -2.19. The Hall–Kier alpha value is -2.32. The molecule has 0 unspecified atom stereocenters. The molecule has 2 aliphatic rings. The predicted molar refractivity (Wildman–Crippen MR) is 113 cm³/mol. The van der Waals surface area contributed by atoms with Gasteiger partial charge in [0.25, 0.3) is 5.91 Å². The number of nitrogens with one attached hydrogen (secondary N) is 2. The maximum absolute atomic E-state index is 12.7. The summed E-state index contributed by atoms with van der Waals surface area (Å²) >= 11 is 2.96. The summed E-state index contributed by atoms with van der Waals surface area (Å²) in [6, 6.07) is 0. The van der Waals surface area contributed by atoms with Crippen LogP contribution in [0.2, 0.25) is 0 Å². The summed E-state index contributed by atoms with van der Waals surface area (Å²) in [7, 11) is 0. The summed E-state index contributed by atoms with van der Waals surface area (Å²) < 4.78 is 0. The zero-order valence-electron chi connectivity index (χ0n) is 15.5. The Morgan fingerprint density at radius 3 is 2.93 bits per heavy atom. The SMILES string of the molecule is Cc1c(C(=O)NCc2nccs2)sc2ncnc(NC[C@@H]3C[C@H]4C=C[C@@H]3C4)c12. The summed E-state index contributed by atoms with van der Waals surface area (Å²) in [4.78, 5) is 27.3. The molecule has 2 aliphatic carbocycles. The van der Waals surface area contributed by atoms with E-state index in [1.165, 1.54) is 35.5 Å². The highest BCUT2D eigenvalue weighted by Gasteiger charge is 2.35. The van der Waals surface area contributed by atoms with Gasteiger partial charge in [0.2, 0.25) is 0 Å². The maximum atomic E-state index is 12.7. The second-order valence-corrected chi connectivity index (χ2v) is 9.47. The van der Waals surface area contributed by atoms with Crippen molar-refractivity contribution in [3.63, 3.8) is 0 Å². The second-order valence-electron chi connectivity index (χ2n) is 7.49. The molecule has 8 heteroatoms. The number of hydrogen-bond donors (Lipinski definition) is 2. The Bertz CT molecular complexity index is 1040. The second kappa shape index (κ2) is 7.25. The van der Waals surface area contributed by atoms with Gasteiger partial charge < -0.3 is 10.6 Å². The van der Waals surface area contributed by atoms with Crippen molar-refractivity contribution in [2.45, 2.75) is 26.3 Å². The Balaban J connectivity index is 1.34. The number of amides is 1. The van der Waals surface area contributed by atoms with Gasteiger partial charge in [-0.25, -0.2) is 15.0 Å². The number of aromatic nitrogens is 3. The fourth-order valence-corrected chi connectivity index (χ4v) is 5.98. The molecule has 5 rings (SSSR count). The Morgan fingerprint density at radius 1 is 1.25 bits per heavy atom. The number of thiazole rings is 1. The normalized spacial score (nSPS) is 22.8. The molecular weight excluding hydrogens is 390 g/mol. The van der Waals surface area contributed by atoms with Crippen molar-refractivity contribution in [2.24, 2.45) is 17.8 Å². The van der Waals surface area contributed by atoms with Crippen LogP contribution in [0.5, 0.6) is 0 Å². The summed E-state index contributed by atoms with van der Waals surface area (Å²) in [5, 5.41) is 10.3. The van der Waals surface area contributed by atoms with Gasteiger partial charge in [-0.3, -0.25) is 4.79 Å². The quantitative estimate of drug-likeness (QED) is 0.599. The molecule has 0 saturated heterocycles. The molecule has 1 fully saturated rings. The molecule has 0 aromatic carbocycles. The molecule has 1 amide bonds. The highest BCUT2D eigenvalue weighted by atomic mass is 32.1. The molecule has 0 radical (unpaired) electrons. The lowest BCUT2D eigenvalue weighted by atomic mass is 9.93. The highest BCUT2D eigenvalue weighted by Crippen LogP contribution is 2.43. The van der Waals surface area contributed by atoms with Crippen molar-refractivity contribution in [1.82, 2.24) is 20.3 Å². The lowest BCUT2D eigenvalue weighted by Crippen LogP contribution is -2.22. The monoisotopic (exact) mass is 411 g/mol. The van der Waals surface area contributed by atoms with Crippen LogP contribution >= 0.6 is 22.7 Å². The number of rotatable bonds is 6. The van der Waals surface area contributed by atoms with Crippen molar-refractivity contribution in [1.29, 1.82) is 0 Å². The van der Waals surface area contributed by atoms with Crippen LogP contribution < -0.4 is 10.6 Å². The van der Waals surface area contributed by atoms with Crippen molar-refractivity contribution in [3.05, 3.63) is 45.5 Å². The third-order valence-corrected chi connectivity index (χ3v) is 7.74. The number of carbonyl (C=O) groups is 1. The predicted octanol–water partition coefficient (Wildman–Crippen LogP) is 4.01. The first kappa shape index (κ1) is 17.8. The lowest BCUT2D eigenvalue weighted by molar-refractivity contribution is 0.0954. The number of carbonyl (C=O) groups excluding carboxylic acids is 1. The molecule has 1 saturated carbocycles. The van der Waals surface area contributed by atoms with Gasteiger partial charge in [-0.15, -0.1) is 22.7 Å². The average Bonchev–Trinajstić information content (AvgIpc) is 3.49. The van der Waals surface area contributed by atoms with E-state index in [0.29, 0.717) is 23.3 Å². The third kappa shape index (κ3) is 3.20. The van der Waals surface area contributed by atoms with Crippen molar-refractivity contribution >= 4 is 44.6 Å². The van der Waals surface area contributed by atoms with Crippen LogP contribution in [0, 0.1) is 24.7 Å². The molecule has 6 nitrogen and oxygen atoms in total. The first-order chi connectivity index (χ1) is 13.7. The van der Waals surface area contributed by atoms with E-state index < -0.39 is 0 Å². The standard InChI is InChI=1S/C20H21N5OS2/c1-11-16-18(22-8-14-7-12-2-3-13(14)6-12)24-10-25-20(16)28-17(11)19(26)23-9-15-21-4-5-27-15/h2-5,10,12-14H,6-9H2,1H3,(H,23,26)(H,22,24,25)/t12-,13+,14-/m0/s1. The molecule has 144 valence electrons. The van der Waals surface area contributed by atoms with Gasteiger partial charge in [0, 0.05) is 18.1 Å². The van der Waals surface area contributed by atoms with Gasteiger partial charge in [0.15, 0.2) is 0 Å². The largest absolute Gasteiger partial charge is 0.369 e. The van der Waals surface area contributed by atoms with Gasteiger partial charge >= 0.3 is 0 Å². The Kier molecular flexibility index (Phi) is 4.60. The Morgan fingerprint density at radius 2 is 2.18 bits per heavy atom. The molecule has 2 N–H and O–H groups in total. The number of nitrogens with zero attached hydrogens (tertiary/aromatic N) is 3. The molecule has 28 heavy (non-hydrogen) atoms. The van der Waals surface area contributed by atoms with Gasteiger partial charge in [0.1, 0.15) is 22.0 Å². The van der Waals surface area contributed by atoms with Crippen LogP contribution in [0.15, 0.2) is 30.1 Å². The van der Waals surface area contributed by atoms with Gasteiger partial charge in [-0.2, -0.15) is 0 Å².